The Hall–Kier alpha value is -3.35. The largest absolute Gasteiger partial charge is 0.481 e. The molecule has 1 saturated heterocycles. The fourth-order valence-electron chi connectivity index (χ4n) is 4.90. The van der Waals surface area contributed by atoms with Gasteiger partial charge in [0, 0.05) is 31.5 Å². The van der Waals surface area contributed by atoms with E-state index in [0.29, 0.717) is 6.54 Å². The number of aliphatic carboxylic acids is 1. The molecule has 0 spiro atoms. The number of carboxylic acids is 1. The Morgan fingerprint density at radius 2 is 1.70 bits per heavy atom. The van der Waals surface area contributed by atoms with Crippen LogP contribution in [0.25, 0.3) is 11.1 Å². The van der Waals surface area contributed by atoms with Crippen molar-refractivity contribution in [3.8, 4) is 11.1 Å². The van der Waals surface area contributed by atoms with Gasteiger partial charge in [-0.2, -0.15) is 0 Å². The highest BCUT2D eigenvalue weighted by Crippen LogP contribution is 2.44. The molecule has 7 nitrogen and oxygen atoms in total. The zero-order valence-electron chi connectivity index (χ0n) is 19.2. The SMILES string of the molecule is C[C@H](CC(=O)N1C[C@H](C)[C@@](C)(C(=O)O)C1)NC(=O)OCC1c2ccccc2-c2ccccc21. The van der Waals surface area contributed by atoms with Crippen LogP contribution in [0.1, 0.15) is 44.2 Å². The van der Waals surface area contributed by atoms with Gasteiger partial charge in [-0.05, 0) is 42.0 Å². The molecule has 2 aromatic carbocycles. The van der Waals surface area contributed by atoms with Crippen molar-refractivity contribution in [1.82, 2.24) is 10.2 Å². The van der Waals surface area contributed by atoms with Gasteiger partial charge in [-0.15, -0.1) is 0 Å². The van der Waals surface area contributed by atoms with Crippen molar-refractivity contribution < 1.29 is 24.2 Å². The van der Waals surface area contributed by atoms with Crippen molar-refractivity contribution in [2.24, 2.45) is 11.3 Å². The number of nitrogens with zero attached hydrogens (tertiary/aromatic N) is 1. The smallest absolute Gasteiger partial charge is 0.407 e. The van der Waals surface area contributed by atoms with E-state index in [9.17, 15) is 19.5 Å². The van der Waals surface area contributed by atoms with Gasteiger partial charge in [0.1, 0.15) is 6.61 Å². The third-order valence-corrected chi connectivity index (χ3v) is 7.13. The van der Waals surface area contributed by atoms with E-state index in [1.165, 1.54) is 0 Å². The summed E-state index contributed by atoms with van der Waals surface area (Å²) in [6, 6.07) is 15.8. The van der Waals surface area contributed by atoms with Gasteiger partial charge >= 0.3 is 12.1 Å². The van der Waals surface area contributed by atoms with Crippen LogP contribution in [0.5, 0.6) is 0 Å². The van der Waals surface area contributed by atoms with Crippen molar-refractivity contribution >= 4 is 18.0 Å². The number of hydrogen-bond acceptors (Lipinski definition) is 4. The number of hydrogen-bond donors (Lipinski definition) is 2. The maximum atomic E-state index is 12.7. The molecule has 4 rings (SSSR count). The van der Waals surface area contributed by atoms with Gasteiger partial charge in [0.15, 0.2) is 0 Å². The van der Waals surface area contributed by atoms with Crippen LogP contribution in [-0.2, 0) is 14.3 Å². The average Bonchev–Trinajstić information content (AvgIpc) is 3.27. The van der Waals surface area contributed by atoms with E-state index in [0.717, 1.165) is 22.3 Å². The molecule has 0 radical (unpaired) electrons. The molecule has 33 heavy (non-hydrogen) atoms. The molecule has 174 valence electrons. The van der Waals surface area contributed by atoms with Crippen LogP contribution in [0.15, 0.2) is 48.5 Å². The quantitative estimate of drug-likeness (QED) is 0.697. The van der Waals surface area contributed by atoms with E-state index >= 15 is 0 Å². The van der Waals surface area contributed by atoms with Crippen LogP contribution in [0.2, 0.25) is 0 Å². The molecular weight excluding hydrogens is 420 g/mol. The van der Waals surface area contributed by atoms with Gasteiger partial charge in [0.25, 0.3) is 0 Å². The zero-order valence-corrected chi connectivity index (χ0v) is 19.2. The summed E-state index contributed by atoms with van der Waals surface area (Å²) in [7, 11) is 0. The lowest BCUT2D eigenvalue weighted by atomic mass is 9.81. The number of carbonyl (C=O) groups is 3. The zero-order chi connectivity index (χ0) is 23.8. The van der Waals surface area contributed by atoms with Gasteiger partial charge < -0.3 is 20.1 Å². The maximum absolute atomic E-state index is 12.7. The predicted octanol–water partition coefficient (Wildman–Crippen LogP) is 3.87. The van der Waals surface area contributed by atoms with Crippen molar-refractivity contribution in [3.63, 3.8) is 0 Å². The van der Waals surface area contributed by atoms with E-state index in [1.54, 1.807) is 18.7 Å². The first kappa shape index (κ1) is 22.8. The average molecular weight is 451 g/mol. The van der Waals surface area contributed by atoms with Gasteiger partial charge in [0.05, 0.1) is 5.41 Å². The summed E-state index contributed by atoms with van der Waals surface area (Å²) in [5.74, 6) is -1.22. The second-order valence-corrected chi connectivity index (χ2v) is 9.47. The predicted molar refractivity (Wildman–Crippen MR) is 124 cm³/mol. The monoisotopic (exact) mass is 450 g/mol. The molecule has 2 N–H and O–H groups in total. The normalized spacial score (nSPS) is 22.4. The number of likely N-dealkylation sites (tertiary alicyclic amines) is 1. The van der Waals surface area contributed by atoms with Crippen LogP contribution in [0.3, 0.4) is 0 Å². The molecule has 0 aromatic heterocycles. The highest BCUT2D eigenvalue weighted by atomic mass is 16.5. The summed E-state index contributed by atoms with van der Waals surface area (Å²) in [5, 5.41) is 12.2. The molecule has 7 heteroatoms. The molecule has 1 heterocycles. The summed E-state index contributed by atoms with van der Waals surface area (Å²) >= 11 is 0. The van der Waals surface area contributed by atoms with Crippen LogP contribution < -0.4 is 5.32 Å². The molecule has 2 aliphatic rings. The van der Waals surface area contributed by atoms with Crippen LogP contribution >= 0.6 is 0 Å². The Morgan fingerprint density at radius 3 is 2.24 bits per heavy atom. The number of fused-ring (bicyclic) bond motifs is 3. The van der Waals surface area contributed by atoms with Gasteiger partial charge in [0.2, 0.25) is 5.91 Å². The van der Waals surface area contributed by atoms with Crippen LogP contribution in [-0.4, -0.2) is 53.7 Å². The number of carbonyl (C=O) groups excluding carboxylic acids is 2. The standard InChI is InChI=1S/C26H30N2O5/c1-16-13-28(15-26(16,3)24(30)31)23(29)12-17(2)27-25(32)33-14-22-20-10-6-4-8-18(20)19-9-5-7-11-21(19)22/h4-11,16-17,22H,12-15H2,1-3H3,(H,27,32)(H,30,31)/t16-,17+,26-/m0/s1. The number of ether oxygens (including phenoxy) is 1. The maximum Gasteiger partial charge on any atom is 0.407 e. The molecule has 2 amide bonds. The van der Waals surface area contributed by atoms with Crippen molar-refractivity contribution in [2.45, 2.75) is 39.2 Å². The Labute approximate surface area is 193 Å². The highest BCUT2D eigenvalue weighted by Gasteiger charge is 2.47. The number of nitrogens with one attached hydrogen (secondary N) is 1. The minimum Gasteiger partial charge on any atom is -0.481 e. The number of carboxylic acid groups (broad SMARTS) is 1. The Morgan fingerprint density at radius 1 is 1.12 bits per heavy atom. The van der Waals surface area contributed by atoms with Gasteiger partial charge in [-0.3, -0.25) is 9.59 Å². The Kier molecular flexibility index (Phi) is 6.15. The second kappa shape index (κ2) is 8.89. The summed E-state index contributed by atoms with van der Waals surface area (Å²) in [5.41, 5.74) is 3.65. The number of amides is 2. The fraction of sp³-hybridized carbons (Fsp3) is 0.423. The second-order valence-electron chi connectivity index (χ2n) is 9.47. The van der Waals surface area contributed by atoms with E-state index in [1.807, 2.05) is 31.2 Å². The summed E-state index contributed by atoms with van der Waals surface area (Å²) < 4.78 is 5.55. The minimum atomic E-state index is -0.945. The lowest BCUT2D eigenvalue weighted by Gasteiger charge is -2.23. The van der Waals surface area contributed by atoms with Crippen molar-refractivity contribution in [1.29, 1.82) is 0 Å². The highest BCUT2D eigenvalue weighted by molar-refractivity contribution is 5.82. The Bertz CT molecular complexity index is 1040. The molecule has 2 aromatic rings. The number of rotatable bonds is 6. The van der Waals surface area contributed by atoms with Crippen LogP contribution in [0.4, 0.5) is 4.79 Å². The number of benzene rings is 2. The fourth-order valence-corrected chi connectivity index (χ4v) is 4.90. The molecule has 3 atom stereocenters. The van der Waals surface area contributed by atoms with Crippen molar-refractivity contribution in [3.05, 3.63) is 59.7 Å². The van der Waals surface area contributed by atoms with E-state index in [-0.39, 0.29) is 37.3 Å². The molecule has 1 aliphatic carbocycles. The molecule has 0 unspecified atom stereocenters. The Balaban J connectivity index is 1.31. The topological polar surface area (TPSA) is 95.9 Å². The van der Waals surface area contributed by atoms with E-state index < -0.39 is 23.5 Å². The van der Waals surface area contributed by atoms with Gasteiger partial charge in [-0.25, -0.2) is 4.79 Å². The molecule has 1 fully saturated rings. The van der Waals surface area contributed by atoms with Crippen LogP contribution in [0, 0.1) is 11.3 Å². The molecule has 0 saturated carbocycles. The van der Waals surface area contributed by atoms with E-state index in [4.69, 9.17) is 4.74 Å². The minimum absolute atomic E-state index is 0.0279. The first-order valence-corrected chi connectivity index (χ1v) is 11.3. The van der Waals surface area contributed by atoms with Gasteiger partial charge in [-0.1, -0.05) is 55.5 Å². The summed E-state index contributed by atoms with van der Waals surface area (Å²) in [6.07, 6.45) is -0.477. The summed E-state index contributed by atoms with van der Waals surface area (Å²) in [6.45, 7) is 6.06. The van der Waals surface area contributed by atoms with E-state index in [2.05, 4.69) is 29.6 Å². The lowest BCUT2D eigenvalue weighted by molar-refractivity contribution is -0.149. The first-order valence-electron chi connectivity index (χ1n) is 11.3. The third kappa shape index (κ3) is 4.32. The molecule has 0 bridgehead atoms. The third-order valence-electron chi connectivity index (χ3n) is 7.13. The molecule has 1 aliphatic heterocycles. The molecular formula is C26H30N2O5. The first-order chi connectivity index (χ1) is 15.7. The van der Waals surface area contributed by atoms with Crippen molar-refractivity contribution in [2.75, 3.05) is 19.7 Å². The number of alkyl carbamates (subject to hydrolysis) is 1. The lowest BCUT2D eigenvalue weighted by Crippen LogP contribution is -2.40. The summed E-state index contributed by atoms with van der Waals surface area (Å²) in [4.78, 5) is 38.3.